The van der Waals surface area contributed by atoms with Crippen LogP contribution in [0.1, 0.15) is 17.0 Å². The summed E-state index contributed by atoms with van der Waals surface area (Å²) in [6, 6.07) is 4.71. The number of hydrogen-bond acceptors (Lipinski definition) is 5. The molecule has 0 aliphatic carbocycles. The van der Waals surface area contributed by atoms with Gasteiger partial charge < -0.3 is 9.47 Å². The molecule has 0 unspecified atom stereocenters. The highest BCUT2D eigenvalue weighted by molar-refractivity contribution is 7.89. The summed E-state index contributed by atoms with van der Waals surface area (Å²) in [6.45, 7) is 4.02. The van der Waals surface area contributed by atoms with Crippen molar-refractivity contribution < 1.29 is 17.9 Å². The average molecular weight is 353 g/mol. The zero-order valence-corrected chi connectivity index (χ0v) is 15.6. The normalized spacial score (nSPS) is 11.8. The van der Waals surface area contributed by atoms with E-state index in [1.54, 1.807) is 23.9 Å². The minimum Gasteiger partial charge on any atom is -0.497 e. The van der Waals surface area contributed by atoms with Crippen LogP contribution in [0.5, 0.6) is 11.5 Å². The quantitative estimate of drug-likeness (QED) is 0.793. The van der Waals surface area contributed by atoms with Gasteiger partial charge in [0, 0.05) is 38.0 Å². The summed E-state index contributed by atoms with van der Waals surface area (Å²) < 4.78 is 39.3. The summed E-state index contributed by atoms with van der Waals surface area (Å²) >= 11 is 0. The fourth-order valence-electron chi connectivity index (χ4n) is 2.51. The van der Waals surface area contributed by atoms with Gasteiger partial charge in [0.05, 0.1) is 19.9 Å². The van der Waals surface area contributed by atoms with Gasteiger partial charge in [-0.25, -0.2) is 8.42 Å². The summed E-state index contributed by atoms with van der Waals surface area (Å²) in [7, 11) is 2.57. The molecule has 0 saturated carbocycles. The standard InChI is InChI=1S/C16H23N3O4S/c1-11-14(12(2)19(4)17-11)10-18(3)24(20,21)16-9-13(22-5)7-8-15(16)23-6/h7-9H,10H2,1-6H3. The minimum atomic E-state index is -3.75. The van der Waals surface area contributed by atoms with E-state index < -0.39 is 10.0 Å². The molecule has 0 fully saturated rings. The van der Waals surface area contributed by atoms with Crippen LogP contribution in [0.2, 0.25) is 0 Å². The smallest absolute Gasteiger partial charge is 0.246 e. The number of benzene rings is 1. The Hall–Kier alpha value is -2.06. The Bertz CT molecular complexity index is 843. The van der Waals surface area contributed by atoms with Gasteiger partial charge in [-0.1, -0.05) is 0 Å². The van der Waals surface area contributed by atoms with E-state index in [-0.39, 0.29) is 17.2 Å². The molecule has 0 aliphatic rings. The van der Waals surface area contributed by atoms with Gasteiger partial charge in [0.25, 0.3) is 0 Å². The molecule has 8 heteroatoms. The average Bonchev–Trinajstić information content (AvgIpc) is 2.80. The monoisotopic (exact) mass is 353 g/mol. The van der Waals surface area contributed by atoms with Gasteiger partial charge in [-0.15, -0.1) is 0 Å². The van der Waals surface area contributed by atoms with Crippen molar-refractivity contribution in [3.8, 4) is 11.5 Å². The largest absolute Gasteiger partial charge is 0.497 e. The highest BCUT2D eigenvalue weighted by Gasteiger charge is 2.27. The van der Waals surface area contributed by atoms with Gasteiger partial charge in [-0.2, -0.15) is 9.40 Å². The molecule has 1 aromatic carbocycles. The first-order valence-corrected chi connectivity index (χ1v) is 8.83. The Morgan fingerprint density at radius 2 is 1.88 bits per heavy atom. The molecular formula is C16H23N3O4S. The first-order chi connectivity index (χ1) is 11.2. The molecule has 0 N–H and O–H groups in total. The second-order valence-electron chi connectivity index (χ2n) is 5.55. The summed E-state index contributed by atoms with van der Waals surface area (Å²) in [6.07, 6.45) is 0. The van der Waals surface area contributed by atoms with Crippen molar-refractivity contribution >= 4 is 10.0 Å². The van der Waals surface area contributed by atoms with E-state index in [4.69, 9.17) is 9.47 Å². The zero-order valence-electron chi connectivity index (χ0n) is 14.8. The highest BCUT2D eigenvalue weighted by atomic mass is 32.2. The van der Waals surface area contributed by atoms with Gasteiger partial charge in [0.1, 0.15) is 16.4 Å². The van der Waals surface area contributed by atoms with Gasteiger partial charge in [-0.3, -0.25) is 4.68 Å². The molecule has 0 radical (unpaired) electrons. The number of ether oxygens (including phenoxy) is 2. The predicted molar refractivity (Wildman–Crippen MR) is 90.9 cm³/mol. The first-order valence-electron chi connectivity index (χ1n) is 7.39. The predicted octanol–water partition coefficient (Wildman–Crippen LogP) is 1.87. The third-order valence-corrected chi connectivity index (χ3v) is 5.92. The molecule has 2 aromatic rings. The van der Waals surface area contributed by atoms with E-state index in [0.29, 0.717) is 5.75 Å². The summed E-state index contributed by atoms with van der Waals surface area (Å²) in [5.41, 5.74) is 2.65. The van der Waals surface area contributed by atoms with Gasteiger partial charge in [0.15, 0.2) is 0 Å². The lowest BCUT2D eigenvalue weighted by molar-refractivity contribution is 0.388. The van der Waals surface area contributed by atoms with Crippen molar-refractivity contribution in [2.45, 2.75) is 25.3 Å². The number of hydrogen-bond donors (Lipinski definition) is 0. The number of nitrogens with zero attached hydrogens (tertiary/aromatic N) is 3. The van der Waals surface area contributed by atoms with E-state index in [2.05, 4.69) is 5.10 Å². The van der Waals surface area contributed by atoms with E-state index in [1.807, 2.05) is 20.9 Å². The molecule has 0 spiro atoms. The van der Waals surface area contributed by atoms with Gasteiger partial charge in [-0.05, 0) is 26.0 Å². The fourth-order valence-corrected chi connectivity index (χ4v) is 3.81. The number of sulfonamides is 1. The first kappa shape index (κ1) is 18.3. The van der Waals surface area contributed by atoms with Crippen molar-refractivity contribution in [2.75, 3.05) is 21.3 Å². The molecule has 0 bridgehead atoms. The Balaban J connectivity index is 2.43. The fraction of sp³-hybridized carbons (Fsp3) is 0.438. The third-order valence-electron chi connectivity index (χ3n) is 4.10. The topological polar surface area (TPSA) is 73.7 Å². The van der Waals surface area contributed by atoms with Crippen molar-refractivity contribution in [3.63, 3.8) is 0 Å². The Morgan fingerprint density at radius 1 is 1.21 bits per heavy atom. The second kappa shape index (κ2) is 6.82. The van der Waals surface area contributed by atoms with Crippen LogP contribution in [-0.2, 0) is 23.6 Å². The second-order valence-corrected chi connectivity index (χ2v) is 7.56. The Morgan fingerprint density at radius 3 is 2.38 bits per heavy atom. The molecule has 0 amide bonds. The lowest BCUT2D eigenvalue weighted by Crippen LogP contribution is -2.27. The van der Waals surface area contributed by atoms with Crippen LogP contribution in [-0.4, -0.2) is 43.8 Å². The van der Waals surface area contributed by atoms with Crippen LogP contribution in [0.4, 0.5) is 0 Å². The maximum atomic E-state index is 13.0. The summed E-state index contributed by atoms with van der Waals surface area (Å²) in [4.78, 5) is 0.0750. The van der Waals surface area contributed by atoms with Crippen molar-refractivity contribution in [1.82, 2.24) is 14.1 Å². The summed E-state index contributed by atoms with van der Waals surface area (Å²) in [5, 5.41) is 4.33. The Kier molecular flexibility index (Phi) is 5.19. The molecule has 0 aliphatic heterocycles. The van der Waals surface area contributed by atoms with Crippen LogP contribution in [0.15, 0.2) is 23.1 Å². The van der Waals surface area contributed by atoms with E-state index in [0.717, 1.165) is 17.0 Å². The number of rotatable bonds is 6. The van der Waals surface area contributed by atoms with Crippen LogP contribution in [0.25, 0.3) is 0 Å². The van der Waals surface area contributed by atoms with Gasteiger partial charge >= 0.3 is 0 Å². The molecule has 1 heterocycles. The van der Waals surface area contributed by atoms with Crippen LogP contribution >= 0.6 is 0 Å². The van der Waals surface area contributed by atoms with Gasteiger partial charge in [0.2, 0.25) is 10.0 Å². The number of aryl methyl sites for hydroxylation is 2. The van der Waals surface area contributed by atoms with E-state index in [9.17, 15) is 8.42 Å². The maximum absolute atomic E-state index is 13.0. The molecular weight excluding hydrogens is 330 g/mol. The van der Waals surface area contributed by atoms with E-state index in [1.165, 1.54) is 24.6 Å². The number of aromatic nitrogens is 2. The third kappa shape index (κ3) is 3.25. The molecule has 0 saturated heterocycles. The molecule has 0 atom stereocenters. The van der Waals surface area contributed by atoms with Crippen molar-refractivity contribution in [1.29, 1.82) is 0 Å². The Labute approximate surface area is 142 Å². The maximum Gasteiger partial charge on any atom is 0.246 e. The molecule has 132 valence electrons. The highest BCUT2D eigenvalue weighted by Crippen LogP contribution is 2.31. The lowest BCUT2D eigenvalue weighted by Gasteiger charge is -2.19. The van der Waals surface area contributed by atoms with Crippen molar-refractivity contribution in [3.05, 3.63) is 35.2 Å². The van der Waals surface area contributed by atoms with E-state index >= 15 is 0 Å². The number of methoxy groups -OCH3 is 2. The van der Waals surface area contributed by atoms with Crippen LogP contribution in [0.3, 0.4) is 0 Å². The summed E-state index contributed by atoms with van der Waals surface area (Å²) in [5.74, 6) is 0.735. The zero-order chi connectivity index (χ0) is 18.1. The SMILES string of the molecule is COc1ccc(OC)c(S(=O)(=O)N(C)Cc2c(C)nn(C)c2C)c1. The molecule has 24 heavy (non-hydrogen) atoms. The van der Waals surface area contributed by atoms with Crippen molar-refractivity contribution in [2.24, 2.45) is 7.05 Å². The molecule has 7 nitrogen and oxygen atoms in total. The van der Waals surface area contributed by atoms with Crippen LogP contribution in [0, 0.1) is 13.8 Å². The van der Waals surface area contributed by atoms with Crippen LogP contribution < -0.4 is 9.47 Å². The minimum absolute atomic E-state index is 0.0750. The molecule has 2 rings (SSSR count). The molecule has 1 aromatic heterocycles. The lowest BCUT2D eigenvalue weighted by atomic mass is 10.2.